The third-order valence-corrected chi connectivity index (χ3v) is 7.19. The Morgan fingerprint density at radius 2 is 1.36 bits per heavy atom. The Labute approximate surface area is 217 Å². The predicted molar refractivity (Wildman–Crippen MR) is 134 cm³/mol. The van der Waals surface area contributed by atoms with Crippen molar-refractivity contribution in [2.24, 2.45) is 11.8 Å². The van der Waals surface area contributed by atoms with E-state index in [1.807, 2.05) is 0 Å². The van der Waals surface area contributed by atoms with Crippen molar-refractivity contribution in [3.05, 3.63) is 54.1 Å². The lowest BCUT2D eigenvalue weighted by Crippen LogP contribution is -2.34. The van der Waals surface area contributed by atoms with E-state index in [0.717, 1.165) is 4.90 Å². The van der Waals surface area contributed by atoms with Crippen molar-refractivity contribution in [1.29, 1.82) is 0 Å². The number of nitrogens with one attached hydrogen (secondary N) is 2. The maximum absolute atomic E-state index is 12.9. The van der Waals surface area contributed by atoms with Crippen LogP contribution in [0.15, 0.2) is 48.5 Å². The number of esters is 1. The summed E-state index contributed by atoms with van der Waals surface area (Å²) >= 11 is 12.4. The van der Waals surface area contributed by atoms with Crippen LogP contribution in [-0.4, -0.2) is 47.0 Å². The van der Waals surface area contributed by atoms with Crippen molar-refractivity contribution in [2.45, 2.75) is 30.5 Å². The summed E-state index contributed by atoms with van der Waals surface area (Å²) < 4.78 is 5.06. The highest BCUT2D eigenvalue weighted by atomic mass is 35.5. The highest BCUT2D eigenvalue weighted by Crippen LogP contribution is 2.43. The van der Waals surface area contributed by atoms with Gasteiger partial charge in [0.05, 0.1) is 33.8 Å². The van der Waals surface area contributed by atoms with Gasteiger partial charge in [0.25, 0.3) is 5.91 Å². The smallest absolute Gasteiger partial charge is 0.338 e. The fraction of sp³-hybridized carbons (Fsp3) is 0.320. The van der Waals surface area contributed by atoms with Gasteiger partial charge < -0.3 is 15.4 Å². The largest absolute Gasteiger partial charge is 0.452 e. The van der Waals surface area contributed by atoms with Crippen LogP contribution < -0.4 is 15.5 Å². The number of halogens is 2. The average molecular weight is 532 g/mol. The molecule has 1 aliphatic carbocycles. The Kier molecular flexibility index (Phi) is 7.61. The summed E-state index contributed by atoms with van der Waals surface area (Å²) in [7, 11) is 0. The molecule has 0 bridgehead atoms. The first-order valence-corrected chi connectivity index (χ1v) is 12.1. The molecule has 2 N–H and O–H groups in total. The minimum atomic E-state index is -0.736. The van der Waals surface area contributed by atoms with Crippen LogP contribution in [-0.2, 0) is 23.9 Å². The predicted octanol–water partition coefficient (Wildman–Crippen LogP) is 3.55. The molecule has 1 saturated heterocycles. The van der Waals surface area contributed by atoms with Gasteiger partial charge in [0.1, 0.15) is 0 Å². The van der Waals surface area contributed by atoms with Crippen molar-refractivity contribution >= 4 is 69.9 Å². The number of fused-ring (bicyclic) bond motifs is 1. The molecule has 1 saturated carbocycles. The second-order valence-corrected chi connectivity index (χ2v) is 9.78. The fourth-order valence-electron chi connectivity index (χ4n) is 4.35. The SMILES string of the molecule is CC(=O)Nc1ccc(NC(=O)COC(=O)c2ccc(N3C(=O)[C@@H]4C[C@H](Cl)[C@@H](Cl)C[C@H]4C3=O)cc2)cc1. The van der Waals surface area contributed by atoms with Crippen LogP contribution in [0.1, 0.15) is 30.1 Å². The Balaban J connectivity index is 1.32. The molecular formula is C25H23Cl2N3O6. The van der Waals surface area contributed by atoms with Crippen LogP contribution in [0, 0.1) is 11.8 Å². The monoisotopic (exact) mass is 531 g/mol. The van der Waals surface area contributed by atoms with Crippen LogP contribution in [0.25, 0.3) is 0 Å². The van der Waals surface area contributed by atoms with Gasteiger partial charge in [-0.15, -0.1) is 23.2 Å². The van der Waals surface area contributed by atoms with Gasteiger partial charge in [0.15, 0.2) is 6.61 Å². The third-order valence-electron chi connectivity index (χ3n) is 6.10. The number of carbonyl (C=O) groups is 5. The molecule has 0 spiro atoms. The van der Waals surface area contributed by atoms with Gasteiger partial charge in [-0.25, -0.2) is 4.79 Å². The van der Waals surface area contributed by atoms with E-state index in [0.29, 0.717) is 29.9 Å². The molecule has 1 aliphatic heterocycles. The van der Waals surface area contributed by atoms with E-state index in [1.54, 1.807) is 24.3 Å². The van der Waals surface area contributed by atoms with Gasteiger partial charge in [-0.1, -0.05) is 0 Å². The first-order valence-electron chi connectivity index (χ1n) is 11.2. The fourth-order valence-corrected chi connectivity index (χ4v) is 4.94. The van der Waals surface area contributed by atoms with E-state index >= 15 is 0 Å². The van der Waals surface area contributed by atoms with Crippen molar-refractivity contribution in [3.8, 4) is 0 Å². The van der Waals surface area contributed by atoms with E-state index in [4.69, 9.17) is 27.9 Å². The first kappa shape index (κ1) is 25.7. The summed E-state index contributed by atoms with van der Waals surface area (Å²) in [5, 5.41) is 4.45. The normalized spacial score (nSPS) is 23.1. The molecule has 11 heteroatoms. The van der Waals surface area contributed by atoms with Crippen LogP contribution in [0.5, 0.6) is 0 Å². The summed E-state index contributed by atoms with van der Waals surface area (Å²) in [6.07, 6.45) is 0.681. The topological polar surface area (TPSA) is 122 Å². The lowest BCUT2D eigenvalue weighted by atomic mass is 9.80. The lowest BCUT2D eigenvalue weighted by molar-refractivity contribution is -0.122. The molecule has 0 radical (unpaired) electrons. The van der Waals surface area contributed by atoms with Crippen molar-refractivity contribution in [3.63, 3.8) is 0 Å². The summed E-state index contributed by atoms with van der Waals surface area (Å²) in [4.78, 5) is 62.4. The quantitative estimate of drug-likeness (QED) is 0.334. The standard InChI is InChI=1S/C25H23Cl2N3O6/c1-13(31)28-15-4-6-16(7-5-15)29-22(32)12-36-25(35)14-2-8-17(9-3-14)30-23(33)18-10-20(26)21(27)11-19(18)24(30)34/h2-9,18-21H,10-12H2,1H3,(H,28,31)(H,29,32)/t18-,19-,20+,21+/m1/s1. The molecule has 0 aromatic heterocycles. The highest BCUT2D eigenvalue weighted by Gasteiger charge is 2.52. The number of nitrogens with zero attached hydrogens (tertiary/aromatic N) is 1. The first-order chi connectivity index (χ1) is 17.1. The van der Waals surface area contributed by atoms with Crippen LogP contribution in [0.3, 0.4) is 0 Å². The molecular weight excluding hydrogens is 509 g/mol. The van der Waals surface area contributed by atoms with Crippen molar-refractivity contribution in [1.82, 2.24) is 0 Å². The molecule has 2 aliphatic rings. The van der Waals surface area contributed by atoms with Crippen LogP contribution in [0.4, 0.5) is 17.1 Å². The summed E-state index contributed by atoms with van der Waals surface area (Å²) in [5.41, 5.74) is 1.55. The number of ether oxygens (including phenoxy) is 1. The number of carbonyl (C=O) groups excluding carboxylic acids is 5. The Morgan fingerprint density at radius 3 is 1.86 bits per heavy atom. The number of rotatable bonds is 6. The van der Waals surface area contributed by atoms with E-state index in [1.165, 1.54) is 31.2 Å². The Bertz CT molecular complexity index is 1170. The number of hydrogen-bond donors (Lipinski definition) is 2. The van der Waals surface area contributed by atoms with Crippen LogP contribution >= 0.6 is 23.2 Å². The molecule has 188 valence electrons. The van der Waals surface area contributed by atoms with E-state index in [-0.39, 0.29) is 34.0 Å². The maximum Gasteiger partial charge on any atom is 0.338 e. The van der Waals surface area contributed by atoms with Crippen LogP contribution in [0.2, 0.25) is 0 Å². The molecule has 4 amide bonds. The van der Waals surface area contributed by atoms with Gasteiger partial charge in [-0.3, -0.25) is 24.1 Å². The summed E-state index contributed by atoms with van der Waals surface area (Å²) in [6, 6.07) is 12.3. The number of imide groups is 1. The molecule has 4 atom stereocenters. The number of hydrogen-bond acceptors (Lipinski definition) is 6. The van der Waals surface area contributed by atoms with Crippen molar-refractivity contribution < 1.29 is 28.7 Å². The van der Waals surface area contributed by atoms with Gasteiger partial charge in [0.2, 0.25) is 17.7 Å². The van der Waals surface area contributed by atoms with E-state index in [2.05, 4.69) is 10.6 Å². The maximum atomic E-state index is 12.9. The number of amides is 4. The second-order valence-electron chi connectivity index (χ2n) is 8.66. The second kappa shape index (κ2) is 10.7. The van der Waals surface area contributed by atoms with Gasteiger partial charge >= 0.3 is 5.97 Å². The Morgan fingerprint density at radius 1 is 0.861 bits per heavy atom. The minimum Gasteiger partial charge on any atom is -0.452 e. The lowest BCUT2D eigenvalue weighted by Gasteiger charge is -2.28. The number of anilines is 3. The minimum absolute atomic E-state index is 0.157. The molecule has 0 unspecified atom stereocenters. The highest BCUT2D eigenvalue weighted by molar-refractivity contribution is 6.31. The average Bonchev–Trinajstić information content (AvgIpc) is 3.08. The van der Waals surface area contributed by atoms with Crippen molar-refractivity contribution in [2.75, 3.05) is 22.1 Å². The molecule has 4 rings (SSSR count). The van der Waals surface area contributed by atoms with E-state index < -0.39 is 30.3 Å². The number of benzene rings is 2. The van der Waals surface area contributed by atoms with Gasteiger partial charge in [0, 0.05) is 18.3 Å². The zero-order chi connectivity index (χ0) is 26.0. The zero-order valence-electron chi connectivity index (χ0n) is 19.2. The molecule has 1 heterocycles. The molecule has 2 aromatic carbocycles. The van der Waals surface area contributed by atoms with E-state index in [9.17, 15) is 24.0 Å². The zero-order valence-corrected chi connectivity index (χ0v) is 20.7. The summed E-state index contributed by atoms with van der Waals surface area (Å²) in [5.74, 6) is -3.14. The third kappa shape index (κ3) is 5.52. The summed E-state index contributed by atoms with van der Waals surface area (Å²) in [6.45, 7) is 0.875. The molecule has 2 fully saturated rings. The molecule has 2 aromatic rings. The van der Waals surface area contributed by atoms with Gasteiger partial charge in [-0.05, 0) is 61.4 Å². The number of alkyl halides is 2. The Hall–Kier alpha value is -3.43. The van der Waals surface area contributed by atoms with Gasteiger partial charge in [-0.2, -0.15) is 0 Å². The molecule has 36 heavy (non-hydrogen) atoms. The molecule has 9 nitrogen and oxygen atoms in total.